The van der Waals surface area contributed by atoms with Crippen molar-refractivity contribution in [3.8, 4) is 0 Å². The Hall–Kier alpha value is -1.98. The molecule has 0 radical (unpaired) electrons. The van der Waals surface area contributed by atoms with Crippen LogP contribution >= 0.6 is 0 Å². The molecule has 1 aromatic heterocycles. The van der Waals surface area contributed by atoms with Gasteiger partial charge in [-0.1, -0.05) is 11.1 Å². The highest BCUT2D eigenvalue weighted by molar-refractivity contribution is 5.75. The van der Waals surface area contributed by atoms with E-state index in [0.29, 0.717) is 0 Å². The van der Waals surface area contributed by atoms with Crippen molar-refractivity contribution in [2.75, 3.05) is 7.05 Å². The number of likely N-dealkylation sites (N-methyl/N-ethyl adjacent to an activating group) is 1. The fourth-order valence-electron chi connectivity index (χ4n) is 2.68. The lowest BCUT2D eigenvalue weighted by Gasteiger charge is -2.25. The van der Waals surface area contributed by atoms with Crippen LogP contribution in [0.2, 0.25) is 0 Å². The van der Waals surface area contributed by atoms with Crippen LogP contribution in [0.3, 0.4) is 0 Å². The van der Waals surface area contributed by atoms with E-state index >= 15 is 0 Å². The number of nitrogens with zero attached hydrogens (tertiary/aromatic N) is 4. The lowest BCUT2D eigenvalue weighted by atomic mass is 9.88. The van der Waals surface area contributed by atoms with Crippen molar-refractivity contribution in [1.82, 2.24) is 9.88 Å². The molecule has 6 nitrogen and oxygen atoms in total. The third-order valence-corrected chi connectivity index (χ3v) is 3.52. The highest BCUT2D eigenvalue weighted by Gasteiger charge is 2.46. The maximum absolute atomic E-state index is 10.9. The van der Waals surface area contributed by atoms with E-state index < -0.39 is 4.92 Å². The van der Waals surface area contributed by atoms with Gasteiger partial charge in [-0.3, -0.25) is 9.88 Å². The predicted octanol–water partition coefficient (Wildman–Crippen LogP) is 1.02. The minimum Gasteiger partial charge on any atom is -0.390 e. The third-order valence-electron chi connectivity index (χ3n) is 3.52. The number of guanidine groups is 1. The SMILES string of the molecule is CN1C([N+](=O)[O-])=NC2c3cccnc3CCC21. The van der Waals surface area contributed by atoms with Crippen LogP contribution in [0, 0.1) is 10.1 Å². The molecular weight excluding hydrogens is 220 g/mol. The van der Waals surface area contributed by atoms with E-state index in [0.717, 1.165) is 24.1 Å². The average Bonchev–Trinajstić information content (AvgIpc) is 2.67. The highest BCUT2D eigenvalue weighted by atomic mass is 16.6. The zero-order chi connectivity index (χ0) is 12.0. The van der Waals surface area contributed by atoms with Gasteiger partial charge in [0.05, 0.1) is 7.05 Å². The first-order valence-corrected chi connectivity index (χ1v) is 5.57. The minimum absolute atomic E-state index is 0.0308. The summed E-state index contributed by atoms with van der Waals surface area (Å²) in [7, 11) is 1.74. The van der Waals surface area contributed by atoms with E-state index in [2.05, 4.69) is 9.98 Å². The predicted molar refractivity (Wildman–Crippen MR) is 61.3 cm³/mol. The molecule has 0 N–H and O–H groups in total. The van der Waals surface area contributed by atoms with Gasteiger partial charge in [-0.2, -0.15) is 0 Å². The van der Waals surface area contributed by atoms with E-state index in [1.54, 1.807) is 18.1 Å². The number of aromatic nitrogens is 1. The Morgan fingerprint density at radius 2 is 2.41 bits per heavy atom. The Labute approximate surface area is 98.1 Å². The van der Waals surface area contributed by atoms with Crippen LogP contribution in [0.4, 0.5) is 0 Å². The molecule has 0 spiro atoms. The molecule has 3 rings (SSSR count). The maximum atomic E-state index is 10.9. The molecule has 0 amide bonds. The maximum Gasteiger partial charge on any atom is 0.425 e. The van der Waals surface area contributed by atoms with Crippen LogP contribution < -0.4 is 0 Å². The highest BCUT2D eigenvalue weighted by Crippen LogP contribution is 2.38. The van der Waals surface area contributed by atoms with Crippen LogP contribution in [0.1, 0.15) is 23.7 Å². The fraction of sp³-hybridized carbons (Fsp3) is 0.455. The van der Waals surface area contributed by atoms with Crippen LogP contribution in [0.25, 0.3) is 0 Å². The lowest BCUT2D eigenvalue weighted by Crippen LogP contribution is -2.39. The van der Waals surface area contributed by atoms with Crippen LogP contribution in [-0.4, -0.2) is 33.9 Å². The zero-order valence-electron chi connectivity index (χ0n) is 9.41. The van der Waals surface area contributed by atoms with Gasteiger partial charge in [0.15, 0.2) is 6.04 Å². The van der Waals surface area contributed by atoms with E-state index in [-0.39, 0.29) is 18.0 Å². The quantitative estimate of drug-likeness (QED) is 0.494. The number of fused-ring (bicyclic) bond motifs is 3. The van der Waals surface area contributed by atoms with Gasteiger partial charge in [0.2, 0.25) is 0 Å². The largest absolute Gasteiger partial charge is 0.425 e. The molecule has 88 valence electrons. The number of hydrogen-bond donors (Lipinski definition) is 0. The Kier molecular flexibility index (Phi) is 2.10. The molecule has 17 heavy (non-hydrogen) atoms. The second kappa shape index (κ2) is 3.51. The fourth-order valence-corrected chi connectivity index (χ4v) is 2.68. The summed E-state index contributed by atoms with van der Waals surface area (Å²) < 4.78 is 0. The van der Waals surface area contributed by atoms with Crippen LogP contribution in [0.5, 0.6) is 0 Å². The number of hydrogen-bond acceptors (Lipinski definition) is 5. The van der Waals surface area contributed by atoms with Crippen molar-refractivity contribution in [3.05, 3.63) is 39.7 Å². The topological polar surface area (TPSA) is 71.6 Å². The van der Waals surface area contributed by atoms with Crippen molar-refractivity contribution in [3.63, 3.8) is 0 Å². The molecule has 0 saturated carbocycles. The van der Waals surface area contributed by atoms with E-state index in [1.165, 1.54) is 0 Å². The smallest absolute Gasteiger partial charge is 0.390 e. The Bertz CT molecular complexity index is 514. The minimum atomic E-state index is -0.408. The lowest BCUT2D eigenvalue weighted by molar-refractivity contribution is -0.362. The molecule has 2 aliphatic rings. The number of aryl methyl sites for hydroxylation is 1. The zero-order valence-corrected chi connectivity index (χ0v) is 9.41. The van der Waals surface area contributed by atoms with Gasteiger partial charge in [-0.15, -0.1) is 0 Å². The number of pyridine rings is 1. The van der Waals surface area contributed by atoms with Crippen molar-refractivity contribution in [1.29, 1.82) is 0 Å². The molecule has 2 unspecified atom stereocenters. The molecule has 1 aliphatic carbocycles. The van der Waals surface area contributed by atoms with E-state index in [9.17, 15) is 10.1 Å². The van der Waals surface area contributed by atoms with Gasteiger partial charge in [-0.25, -0.2) is 0 Å². The van der Waals surface area contributed by atoms with Crippen molar-refractivity contribution in [2.45, 2.75) is 24.9 Å². The molecule has 2 atom stereocenters. The van der Waals surface area contributed by atoms with Gasteiger partial charge in [0, 0.05) is 17.5 Å². The molecule has 1 aliphatic heterocycles. The summed E-state index contributed by atoms with van der Waals surface area (Å²) in [6.07, 6.45) is 3.49. The molecule has 0 aromatic carbocycles. The Morgan fingerprint density at radius 3 is 3.18 bits per heavy atom. The second-order valence-electron chi connectivity index (χ2n) is 4.39. The summed E-state index contributed by atoms with van der Waals surface area (Å²) in [5.41, 5.74) is 2.06. The monoisotopic (exact) mass is 232 g/mol. The Morgan fingerprint density at radius 1 is 1.59 bits per heavy atom. The summed E-state index contributed by atoms with van der Waals surface area (Å²) in [5.74, 6) is -0.0308. The summed E-state index contributed by atoms with van der Waals surface area (Å²) in [6, 6.07) is 3.81. The van der Waals surface area contributed by atoms with Crippen molar-refractivity contribution < 1.29 is 4.92 Å². The van der Waals surface area contributed by atoms with Crippen molar-refractivity contribution in [2.24, 2.45) is 4.99 Å². The molecule has 1 aromatic rings. The van der Waals surface area contributed by atoms with Gasteiger partial charge in [0.1, 0.15) is 6.04 Å². The Balaban J connectivity index is 2.06. The van der Waals surface area contributed by atoms with E-state index in [1.807, 2.05) is 12.1 Å². The van der Waals surface area contributed by atoms with E-state index in [4.69, 9.17) is 0 Å². The standard InChI is InChI=1S/C11H12N4O2/c1-14-9-5-4-8-7(3-2-6-12-8)10(9)13-11(14)15(16)17/h2-3,6,9-10H,4-5H2,1H3. The van der Waals surface area contributed by atoms with Gasteiger partial charge < -0.3 is 10.1 Å². The second-order valence-corrected chi connectivity index (χ2v) is 4.39. The normalized spacial score (nSPS) is 26.2. The molecule has 0 fully saturated rings. The van der Waals surface area contributed by atoms with Gasteiger partial charge in [-0.05, 0) is 23.8 Å². The third kappa shape index (κ3) is 1.40. The summed E-state index contributed by atoms with van der Waals surface area (Å²) >= 11 is 0. The first kappa shape index (κ1) is 10.2. The van der Waals surface area contributed by atoms with Crippen LogP contribution in [0.15, 0.2) is 23.3 Å². The number of aliphatic imine (C=N–C) groups is 1. The molecule has 0 saturated heterocycles. The molecular formula is C11H12N4O2. The molecule has 2 heterocycles. The van der Waals surface area contributed by atoms with Gasteiger partial charge in [0.25, 0.3) is 0 Å². The summed E-state index contributed by atoms with van der Waals surface area (Å²) in [6.45, 7) is 0. The summed E-state index contributed by atoms with van der Waals surface area (Å²) in [4.78, 5) is 20.7. The molecule has 0 bridgehead atoms. The summed E-state index contributed by atoms with van der Waals surface area (Å²) in [5, 5.41) is 10.9. The van der Waals surface area contributed by atoms with Crippen LogP contribution in [-0.2, 0) is 6.42 Å². The number of rotatable bonds is 0. The average molecular weight is 232 g/mol. The van der Waals surface area contributed by atoms with Gasteiger partial charge >= 0.3 is 5.96 Å². The first-order chi connectivity index (χ1) is 8.18. The van der Waals surface area contributed by atoms with Crippen molar-refractivity contribution >= 4 is 5.96 Å². The first-order valence-electron chi connectivity index (χ1n) is 5.57. The number of nitro groups is 1. The molecule has 6 heteroatoms.